The third kappa shape index (κ3) is 12.7. The van der Waals surface area contributed by atoms with Gasteiger partial charge >= 0.3 is 0 Å². The van der Waals surface area contributed by atoms with Crippen molar-refractivity contribution in [3.63, 3.8) is 0 Å². The molecule has 0 radical (unpaired) electrons. The number of carbonyl (C=O) groups excluding carboxylic acids is 3. The molecule has 1 fully saturated rings. The number of quaternary nitrogens is 1. The quantitative estimate of drug-likeness (QED) is 0.105. The van der Waals surface area contributed by atoms with E-state index in [9.17, 15) is 14.4 Å². The Morgan fingerprint density at radius 1 is 0.833 bits per heavy atom. The van der Waals surface area contributed by atoms with Crippen LogP contribution in [-0.4, -0.2) is 138 Å². The Morgan fingerprint density at radius 2 is 1.33 bits per heavy atom. The molecular weight excluding hydrogens is 716 g/mol. The van der Waals surface area contributed by atoms with Crippen molar-refractivity contribution in [2.24, 2.45) is 0 Å². The normalized spacial score (nSPS) is 14.9. The van der Waals surface area contributed by atoms with E-state index in [0.29, 0.717) is 11.5 Å². The van der Waals surface area contributed by atoms with E-state index in [0.717, 1.165) is 80.3 Å². The Labute approximate surface area is 321 Å². The first-order valence-corrected chi connectivity index (χ1v) is 18.7. The van der Waals surface area contributed by atoms with Gasteiger partial charge in [0.05, 0.1) is 45.4 Å². The van der Waals surface area contributed by atoms with Crippen molar-refractivity contribution in [2.75, 3.05) is 91.3 Å². The number of anilines is 2. The third-order valence-corrected chi connectivity index (χ3v) is 10.0. The lowest BCUT2D eigenvalue weighted by molar-refractivity contribution is -0.933. The smallest absolute Gasteiger partial charge is 0.274 e. The van der Waals surface area contributed by atoms with Crippen LogP contribution < -0.4 is 26.3 Å². The summed E-state index contributed by atoms with van der Waals surface area (Å²) in [6.45, 7) is 3.68. The Bertz CT molecular complexity index is 1600. The van der Waals surface area contributed by atoms with Gasteiger partial charge in [-0.3, -0.25) is 14.4 Å². The topological polar surface area (TPSA) is 206 Å². The molecule has 3 amide bonds. The number of nitrogen functional groups attached to an aromatic ring is 2. The van der Waals surface area contributed by atoms with Gasteiger partial charge in [0, 0.05) is 40.0 Å². The van der Waals surface area contributed by atoms with Crippen LogP contribution in [0.4, 0.5) is 11.6 Å². The molecule has 0 saturated carbocycles. The molecule has 1 atom stereocenters. The number of benzene rings is 2. The summed E-state index contributed by atoms with van der Waals surface area (Å²) in [5.41, 5.74) is 14.0. The van der Waals surface area contributed by atoms with Gasteiger partial charge < -0.3 is 50.8 Å². The molecule has 294 valence electrons. The average molecular weight is 770 g/mol. The molecule has 1 unspecified atom stereocenters. The highest BCUT2D eigenvalue weighted by atomic mass is 35.5. The van der Waals surface area contributed by atoms with Gasteiger partial charge in [-0.1, -0.05) is 35.9 Å². The average Bonchev–Trinajstić information content (AvgIpc) is 3.15. The van der Waals surface area contributed by atoms with Crippen LogP contribution >= 0.6 is 11.6 Å². The fraction of sp³-hybridized carbons (Fsp3) is 0.500. The molecule has 16 heteroatoms. The Balaban J connectivity index is 1.37. The van der Waals surface area contributed by atoms with E-state index in [1.165, 1.54) is 9.80 Å². The zero-order valence-electron chi connectivity index (χ0n) is 31.2. The van der Waals surface area contributed by atoms with Crippen molar-refractivity contribution in [3.8, 4) is 11.5 Å². The number of aromatic nitrogens is 2. The first-order chi connectivity index (χ1) is 25.9. The predicted molar refractivity (Wildman–Crippen MR) is 206 cm³/mol. The number of aliphatic hydroxyl groups is 2. The molecule has 3 aromatic rings. The van der Waals surface area contributed by atoms with E-state index in [1.807, 2.05) is 48.5 Å². The second kappa shape index (κ2) is 20.7. The first-order valence-electron chi connectivity index (χ1n) is 18.3. The number of piperidine rings is 1. The largest absolute Gasteiger partial charge is 0.484 e. The van der Waals surface area contributed by atoms with Crippen LogP contribution in [0.25, 0.3) is 0 Å². The van der Waals surface area contributed by atoms with Gasteiger partial charge in [0.25, 0.3) is 17.7 Å². The lowest BCUT2D eigenvalue weighted by atomic mass is 9.99. The number of ether oxygens (including phenoxy) is 2. The molecule has 1 aliphatic rings. The fourth-order valence-electron chi connectivity index (χ4n) is 6.62. The van der Waals surface area contributed by atoms with Crippen molar-refractivity contribution in [3.05, 3.63) is 70.5 Å². The van der Waals surface area contributed by atoms with E-state index in [2.05, 4.69) is 15.3 Å². The number of likely N-dealkylation sites (N-methyl/N-ethyl adjacent to an activating group) is 2. The van der Waals surface area contributed by atoms with Crippen molar-refractivity contribution in [2.45, 2.75) is 44.6 Å². The summed E-state index contributed by atoms with van der Waals surface area (Å²) in [5, 5.41) is 21.2. The summed E-state index contributed by atoms with van der Waals surface area (Å²) in [5.74, 6) is 0.274. The minimum atomic E-state index is -0.431. The van der Waals surface area contributed by atoms with Gasteiger partial charge in [-0.15, -0.1) is 0 Å². The maximum atomic E-state index is 13.3. The summed E-state index contributed by atoms with van der Waals surface area (Å²) >= 11 is 6.05. The lowest BCUT2D eigenvalue weighted by Crippen LogP contribution is -2.60. The number of likely N-dealkylation sites (tertiary alicyclic amines) is 1. The molecule has 54 heavy (non-hydrogen) atoms. The molecule has 1 aliphatic heterocycles. The number of aryl methyl sites for hydroxylation is 2. The highest BCUT2D eigenvalue weighted by Gasteiger charge is 2.35. The standard InChI is InChI=1S/C38H53ClN8O7/c1-45(17-22-48)32(50)25-53-30-13-9-27(10-14-30)6-3-19-47(20-4-7-28-11-15-31(16-12-28)54-26-33(51)46(2)18-23-49)21-5-8-29(24-47)42-38(52)34-36(40)44-37(41)35(39)43-34/h9-16,29,48-49H,3-8,17-26H2,1-2H3,(H4-,40,41,42,44,52)/p+1. The van der Waals surface area contributed by atoms with Gasteiger partial charge in [0.15, 0.2) is 35.7 Å². The van der Waals surface area contributed by atoms with Crippen LogP contribution in [0.3, 0.4) is 0 Å². The highest BCUT2D eigenvalue weighted by molar-refractivity contribution is 6.31. The van der Waals surface area contributed by atoms with Gasteiger partial charge in [-0.05, 0) is 61.1 Å². The van der Waals surface area contributed by atoms with E-state index in [1.54, 1.807) is 14.1 Å². The maximum absolute atomic E-state index is 13.3. The maximum Gasteiger partial charge on any atom is 0.274 e. The summed E-state index contributed by atoms with van der Waals surface area (Å²) in [7, 11) is 3.25. The summed E-state index contributed by atoms with van der Waals surface area (Å²) in [6, 6.07) is 15.4. The SMILES string of the molecule is CN(CCO)C(=O)COc1ccc(CCC[N+]2(CCCc3ccc(OCC(=O)N(C)CCO)cc3)CCCC(NC(=O)c3nc(Cl)c(N)nc3N)C2)cc1. The van der Waals surface area contributed by atoms with Crippen molar-refractivity contribution >= 4 is 41.0 Å². The third-order valence-electron chi connectivity index (χ3n) is 9.74. The molecular formula is C38H54ClN8O7+. The number of halogens is 1. The number of nitrogens with two attached hydrogens (primary N) is 2. The van der Waals surface area contributed by atoms with Crippen LogP contribution in [0, 0.1) is 0 Å². The lowest BCUT2D eigenvalue weighted by Gasteiger charge is -2.45. The minimum absolute atomic E-state index is 0.0299. The Hall–Kier alpha value is -4.70. The highest BCUT2D eigenvalue weighted by Crippen LogP contribution is 2.25. The molecule has 1 saturated heterocycles. The number of nitrogens with zero attached hydrogens (tertiary/aromatic N) is 5. The van der Waals surface area contributed by atoms with Crippen molar-refractivity contribution < 1.29 is 38.6 Å². The van der Waals surface area contributed by atoms with E-state index >= 15 is 0 Å². The van der Waals surface area contributed by atoms with Gasteiger partial charge in [0.2, 0.25) is 0 Å². The van der Waals surface area contributed by atoms with Crippen LogP contribution in [0.2, 0.25) is 5.15 Å². The number of hydrogen-bond acceptors (Lipinski definition) is 11. The van der Waals surface area contributed by atoms with Gasteiger partial charge in [-0.25, -0.2) is 9.97 Å². The van der Waals surface area contributed by atoms with Crippen LogP contribution in [0.5, 0.6) is 11.5 Å². The number of carbonyl (C=O) groups is 3. The first kappa shape index (κ1) is 42.0. The molecule has 15 nitrogen and oxygen atoms in total. The van der Waals surface area contributed by atoms with Crippen LogP contribution in [0.1, 0.15) is 47.3 Å². The van der Waals surface area contributed by atoms with E-state index in [4.69, 9.17) is 42.8 Å². The fourth-order valence-corrected chi connectivity index (χ4v) is 6.75. The second-order valence-electron chi connectivity index (χ2n) is 13.8. The summed E-state index contributed by atoms with van der Waals surface area (Å²) < 4.78 is 12.2. The van der Waals surface area contributed by atoms with E-state index in [-0.39, 0.29) is 79.9 Å². The Morgan fingerprint density at radius 3 is 1.81 bits per heavy atom. The summed E-state index contributed by atoms with van der Waals surface area (Å²) in [6.07, 6.45) is 5.31. The number of amides is 3. The molecule has 0 spiro atoms. The van der Waals surface area contributed by atoms with Crippen LogP contribution in [-0.2, 0) is 22.4 Å². The minimum Gasteiger partial charge on any atom is -0.484 e. The molecule has 0 aliphatic carbocycles. The molecule has 2 heterocycles. The zero-order chi connectivity index (χ0) is 39.1. The molecule has 1 aromatic heterocycles. The number of nitrogens with one attached hydrogen (secondary N) is 1. The Kier molecular flexibility index (Phi) is 16.1. The van der Waals surface area contributed by atoms with Crippen molar-refractivity contribution in [1.29, 1.82) is 0 Å². The number of aliphatic hydroxyl groups excluding tert-OH is 2. The molecule has 2 aromatic carbocycles. The summed E-state index contributed by atoms with van der Waals surface area (Å²) in [4.78, 5) is 48.5. The molecule has 4 rings (SSSR count). The number of hydrogen-bond donors (Lipinski definition) is 5. The van der Waals surface area contributed by atoms with Gasteiger partial charge in [0.1, 0.15) is 11.5 Å². The monoisotopic (exact) mass is 769 g/mol. The van der Waals surface area contributed by atoms with Crippen LogP contribution in [0.15, 0.2) is 48.5 Å². The zero-order valence-corrected chi connectivity index (χ0v) is 32.0. The van der Waals surface area contributed by atoms with Gasteiger partial charge in [-0.2, -0.15) is 0 Å². The van der Waals surface area contributed by atoms with Crippen molar-refractivity contribution in [1.82, 2.24) is 25.1 Å². The predicted octanol–water partition coefficient (Wildman–Crippen LogP) is 1.93. The number of rotatable bonds is 20. The molecule has 7 N–H and O–H groups in total. The second-order valence-corrected chi connectivity index (χ2v) is 14.1. The molecule has 0 bridgehead atoms. The van der Waals surface area contributed by atoms with E-state index < -0.39 is 5.91 Å².